The van der Waals surface area contributed by atoms with E-state index >= 15 is 0 Å². The molecule has 1 aromatic carbocycles. The average Bonchev–Trinajstić information content (AvgIpc) is 2.75. The molecule has 0 saturated heterocycles. The number of rotatable bonds is 4. The van der Waals surface area contributed by atoms with Crippen molar-refractivity contribution in [3.05, 3.63) is 29.3 Å². The molecule has 0 radical (unpaired) electrons. The Hall–Kier alpha value is -1.46. The van der Waals surface area contributed by atoms with Crippen molar-refractivity contribution in [1.82, 2.24) is 10.3 Å². The van der Waals surface area contributed by atoms with Crippen LogP contribution >= 0.6 is 11.3 Å². The van der Waals surface area contributed by atoms with Gasteiger partial charge in [0.2, 0.25) is 5.91 Å². The minimum Gasteiger partial charge on any atom is -0.366 e. The van der Waals surface area contributed by atoms with Crippen molar-refractivity contribution >= 4 is 27.5 Å². The van der Waals surface area contributed by atoms with E-state index in [1.165, 1.54) is 0 Å². The van der Waals surface area contributed by atoms with Crippen molar-refractivity contribution in [2.75, 3.05) is 6.61 Å². The molecule has 1 aromatic heterocycles. The molecule has 0 spiro atoms. The quantitative estimate of drug-likeness (QED) is 0.935. The zero-order chi connectivity index (χ0) is 13.9. The number of thiazole rings is 1. The lowest BCUT2D eigenvalue weighted by Gasteiger charge is -2.18. The van der Waals surface area contributed by atoms with Gasteiger partial charge < -0.3 is 10.1 Å². The van der Waals surface area contributed by atoms with Gasteiger partial charge in [0.15, 0.2) is 0 Å². The van der Waals surface area contributed by atoms with Crippen LogP contribution in [0.4, 0.5) is 0 Å². The van der Waals surface area contributed by atoms with Gasteiger partial charge in [-0.3, -0.25) is 4.79 Å². The molecule has 0 bridgehead atoms. The van der Waals surface area contributed by atoms with Gasteiger partial charge in [-0.05, 0) is 32.9 Å². The molecule has 0 saturated carbocycles. The summed E-state index contributed by atoms with van der Waals surface area (Å²) >= 11 is 1.60. The van der Waals surface area contributed by atoms with Gasteiger partial charge in [-0.15, -0.1) is 11.3 Å². The minimum absolute atomic E-state index is 0.0778. The van der Waals surface area contributed by atoms with Gasteiger partial charge >= 0.3 is 0 Å². The highest BCUT2D eigenvalue weighted by Gasteiger charge is 2.13. The highest BCUT2D eigenvalue weighted by Crippen LogP contribution is 2.21. The lowest BCUT2D eigenvalue weighted by molar-refractivity contribution is -0.130. The van der Waals surface area contributed by atoms with E-state index < -0.39 is 0 Å². The van der Waals surface area contributed by atoms with Crippen LogP contribution < -0.4 is 5.32 Å². The van der Waals surface area contributed by atoms with Crippen molar-refractivity contribution in [2.24, 2.45) is 0 Å². The maximum Gasteiger partial charge on any atom is 0.246 e. The molecule has 1 amide bonds. The number of aromatic nitrogens is 1. The first-order valence-electron chi connectivity index (χ1n) is 6.19. The van der Waals surface area contributed by atoms with Gasteiger partial charge in [0.25, 0.3) is 0 Å². The number of carbonyl (C=O) groups excluding carboxylic acids is 1. The van der Waals surface area contributed by atoms with Crippen LogP contribution in [0.5, 0.6) is 0 Å². The Morgan fingerprint density at radius 2 is 2.11 bits per heavy atom. The van der Waals surface area contributed by atoms with Crippen LogP contribution in [0.3, 0.4) is 0 Å². The smallest absolute Gasteiger partial charge is 0.246 e. The first-order chi connectivity index (χ1) is 8.94. The molecule has 2 aromatic rings. The van der Waals surface area contributed by atoms with Crippen LogP contribution in [-0.4, -0.2) is 23.1 Å². The summed E-state index contributed by atoms with van der Waals surface area (Å²) in [5.74, 6) is -0.116. The number of fused-ring (bicyclic) bond motifs is 1. The summed E-state index contributed by atoms with van der Waals surface area (Å²) in [6.07, 6.45) is 0. The Kier molecular flexibility index (Phi) is 4.17. The Morgan fingerprint density at radius 3 is 2.79 bits per heavy atom. The van der Waals surface area contributed by atoms with E-state index in [1.54, 1.807) is 11.3 Å². The van der Waals surface area contributed by atoms with Crippen LogP contribution in [-0.2, 0) is 16.1 Å². The summed E-state index contributed by atoms with van der Waals surface area (Å²) in [5.41, 5.74) is 0.676. The first-order valence-corrected chi connectivity index (χ1v) is 7.01. The van der Waals surface area contributed by atoms with E-state index in [0.717, 1.165) is 15.2 Å². The van der Waals surface area contributed by atoms with E-state index in [-0.39, 0.29) is 18.1 Å². The Morgan fingerprint density at radius 1 is 1.37 bits per heavy atom. The molecule has 2 rings (SSSR count). The molecule has 102 valence electrons. The monoisotopic (exact) mass is 278 g/mol. The number of para-hydroxylation sites is 1. The third-order valence-electron chi connectivity index (χ3n) is 2.41. The minimum atomic E-state index is -0.298. The number of amides is 1. The van der Waals surface area contributed by atoms with E-state index in [2.05, 4.69) is 10.3 Å². The molecule has 4 nitrogen and oxygen atoms in total. The van der Waals surface area contributed by atoms with Crippen LogP contribution in [0.25, 0.3) is 10.2 Å². The molecule has 1 N–H and O–H groups in total. The van der Waals surface area contributed by atoms with Crippen molar-refractivity contribution in [3.8, 4) is 0 Å². The SMILES string of the molecule is CC(C)(C)OCC(=O)NCc1nc2ccccc2s1. The van der Waals surface area contributed by atoms with Crippen molar-refractivity contribution in [2.45, 2.75) is 32.9 Å². The molecule has 0 aliphatic carbocycles. The van der Waals surface area contributed by atoms with Gasteiger partial charge in [0.05, 0.1) is 22.4 Å². The summed E-state index contributed by atoms with van der Waals surface area (Å²) < 4.78 is 6.55. The summed E-state index contributed by atoms with van der Waals surface area (Å²) in [5, 5.41) is 3.72. The standard InChI is InChI=1S/C14H18N2O2S/c1-14(2,3)18-9-12(17)15-8-13-16-10-6-4-5-7-11(10)19-13/h4-7H,8-9H2,1-3H3,(H,15,17). The summed E-state index contributed by atoms with van der Waals surface area (Å²) in [4.78, 5) is 16.1. The fraction of sp³-hybridized carbons (Fsp3) is 0.429. The predicted molar refractivity (Wildman–Crippen MR) is 77.2 cm³/mol. The van der Waals surface area contributed by atoms with Crippen LogP contribution in [0.1, 0.15) is 25.8 Å². The Labute approximate surface area is 116 Å². The Bertz CT molecular complexity index is 539. The van der Waals surface area contributed by atoms with Crippen LogP contribution in [0, 0.1) is 0 Å². The highest BCUT2D eigenvalue weighted by atomic mass is 32.1. The maximum atomic E-state index is 11.6. The maximum absolute atomic E-state index is 11.6. The number of hydrogen-bond acceptors (Lipinski definition) is 4. The normalized spacial score (nSPS) is 11.7. The Balaban J connectivity index is 1.86. The van der Waals surface area contributed by atoms with E-state index in [9.17, 15) is 4.79 Å². The lowest BCUT2D eigenvalue weighted by atomic mass is 10.2. The fourth-order valence-electron chi connectivity index (χ4n) is 1.50. The fourth-order valence-corrected chi connectivity index (χ4v) is 2.41. The average molecular weight is 278 g/mol. The molecule has 0 atom stereocenters. The number of nitrogens with one attached hydrogen (secondary N) is 1. The van der Waals surface area contributed by atoms with Gasteiger partial charge in [-0.25, -0.2) is 4.98 Å². The third kappa shape index (κ3) is 4.29. The second-order valence-corrected chi connectivity index (χ2v) is 6.37. The second-order valence-electron chi connectivity index (χ2n) is 5.25. The number of carbonyl (C=O) groups is 1. The second kappa shape index (κ2) is 5.67. The van der Waals surface area contributed by atoms with Gasteiger partial charge in [0.1, 0.15) is 11.6 Å². The van der Waals surface area contributed by atoms with Gasteiger partial charge in [-0.1, -0.05) is 12.1 Å². The lowest BCUT2D eigenvalue weighted by Crippen LogP contribution is -2.31. The van der Waals surface area contributed by atoms with E-state index in [4.69, 9.17) is 4.74 Å². The number of benzene rings is 1. The third-order valence-corrected chi connectivity index (χ3v) is 3.45. The summed E-state index contributed by atoms with van der Waals surface area (Å²) in [6, 6.07) is 7.95. The zero-order valence-corrected chi connectivity index (χ0v) is 12.2. The molecule has 0 fully saturated rings. The van der Waals surface area contributed by atoms with E-state index in [1.807, 2.05) is 45.0 Å². The van der Waals surface area contributed by atoms with Gasteiger partial charge in [0, 0.05) is 0 Å². The molecule has 0 unspecified atom stereocenters. The zero-order valence-electron chi connectivity index (χ0n) is 11.4. The summed E-state index contributed by atoms with van der Waals surface area (Å²) in [7, 11) is 0. The molecule has 1 heterocycles. The van der Waals surface area contributed by atoms with Crippen molar-refractivity contribution in [1.29, 1.82) is 0 Å². The molecule has 19 heavy (non-hydrogen) atoms. The topological polar surface area (TPSA) is 51.2 Å². The summed E-state index contributed by atoms with van der Waals surface area (Å²) in [6.45, 7) is 6.30. The largest absolute Gasteiger partial charge is 0.366 e. The first kappa shape index (κ1) is 14.0. The number of ether oxygens (including phenoxy) is 1. The molecular weight excluding hydrogens is 260 g/mol. The highest BCUT2D eigenvalue weighted by molar-refractivity contribution is 7.18. The van der Waals surface area contributed by atoms with E-state index in [0.29, 0.717) is 6.54 Å². The molecule has 5 heteroatoms. The molecule has 0 aliphatic rings. The molecular formula is C14H18N2O2S. The van der Waals surface area contributed by atoms with Crippen LogP contribution in [0.15, 0.2) is 24.3 Å². The molecule has 0 aliphatic heterocycles. The van der Waals surface area contributed by atoms with Crippen molar-refractivity contribution in [3.63, 3.8) is 0 Å². The number of hydrogen-bond donors (Lipinski definition) is 1. The van der Waals surface area contributed by atoms with Crippen molar-refractivity contribution < 1.29 is 9.53 Å². The number of nitrogens with zero attached hydrogens (tertiary/aromatic N) is 1. The predicted octanol–water partition coefficient (Wildman–Crippen LogP) is 2.73. The van der Waals surface area contributed by atoms with Crippen LogP contribution in [0.2, 0.25) is 0 Å². The van der Waals surface area contributed by atoms with Gasteiger partial charge in [-0.2, -0.15) is 0 Å².